The highest BCUT2D eigenvalue weighted by atomic mass is 32.2. The van der Waals surface area contributed by atoms with Crippen LogP contribution in [0.3, 0.4) is 0 Å². The molecule has 182 valence electrons. The summed E-state index contributed by atoms with van der Waals surface area (Å²) in [7, 11) is 0. The zero-order valence-electron chi connectivity index (χ0n) is 19.8. The number of carboxylic acids is 1. The zero-order chi connectivity index (χ0) is 25.0. The number of pyridine rings is 1. The normalized spacial score (nSPS) is 19.7. The van der Waals surface area contributed by atoms with Crippen LogP contribution in [0, 0.1) is 24.2 Å². The maximum absolute atomic E-state index is 13.2. The second kappa shape index (κ2) is 11.2. The summed E-state index contributed by atoms with van der Waals surface area (Å²) in [6, 6.07) is 2.07. The first kappa shape index (κ1) is 26.0. The van der Waals surface area contributed by atoms with Gasteiger partial charge in [-0.3, -0.25) is 23.9 Å². The third-order valence-corrected chi connectivity index (χ3v) is 7.55. The van der Waals surface area contributed by atoms with Crippen LogP contribution in [0.4, 0.5) is 5.82 Å². The van der Waals surface area contributed by atoms with Gasteiger partial charge in [0.25, 0.3) is 11.5 Å². The van der Waals surface area contributed by atoms with Crippen molar-refractivity contribution in [3.8, 4) is 6.07 Å². The number of aliphatic carboxylic acids is 1. The molecule has 0 saturated carbocycles. The van der Waals surface area contributed by atoms with Crippen molar-refractivity contribution < 1.29 is 14.7 Å². The van der Waals surface area contributed by atoms with Gasteiger partial charge in [0.05, 0.1) is 4.91 Å². The number of hydrogen-bond donors (Lipinski definition) is 1. The van der Waals surface area contributed by atoms with Gasteiger partial charge in [-0.25, -0.2) is 0 Å². The van der Waals surface area contributed by atoms with Gasteiger partial charge in [0, 0.05) is 38.2 Å². The standard InChI is InChI=1S/C24H30N4O4S2/c1-4-9-27-21(26-10-5-7-15(2)14-26)17(16(3)18(13-25)22(27)31)12-19-23(32)28(24(33)34-19)11-6-8-20(29)30/h12,15H,4-11,14H2,1-3H3,(H,29,30). The Balaban J connectivity index is 2.12. The number of nitriles is 1. The fourth-order valence-corrected chi connectivity index (χ4v) is 5.80. The van der Waals surface area contributed by atoms with Crippen LogP contribution < -0.4 is 10.5 Å². The lowest BCUT2D eigenvalue weighted by Gasteiger charge is -2.36. The molecule has 1 aromatic rings. The molecule has 10 heteroatoms. The minimum atomic E-state index is -0.917. The molecule has 1 amide bonds. The van der Waals surface area contributed by atoms with E-state index in [-0.39, 0.29) is 30.0 Å². The van der Waals surface area contributed by atoms with E-state index in [1.54, 1.807) is 17.6 Å². The first-order valence-corrected chi connectivity index (χ1v) is 12.8. The molecule has 0 bridgehead atoms. The lowest BCUT2D eigenvalue weighted by atomic mass is 9.98. The molecule has 1 aromatic heterocycles. The van der Waals surface area contributed by atoms with Crippen LogP contribution in [-0.2, 0) is 16.1 Å². The van der Waals surface area contributed by atoms with Crippen molar-refractivity contribution in [1.29, 1.82) is 5.26 Å². The highest BCUT2D eigenvalue weighted by Gasteiger charge is 2.33. The molecular weight excluding hydrogens is 472 g/mol. The number of carbonyl (C=O) groups is 2. The van der Waals surface area contributed by atoms with Gasteiger partial charge in [-0.1, -0.05) is 37.8 Å². The van der Waals surface area contributed by atoms with Crippen molar-refractivity contribution in [3.63, 3.8) is 0 Å². The van der Waals surface area contributed by atoms with Crippen molar-refractivity contribution in [2.75, 3.05) is 24.5 Å². The van der Waals surface area contributed by atoms with E-state index in [1.165, 1.54) is 16.7 Å². The van der Waals surface area contributed by atoms with Gasteiger partial charge in [-0.05, 0) is 50.2 Å². The molecular formula is C24H30N4O4S2. The molecule has 8 nitrogen and oxygen atoms in total. The summed E-state index contributed by atoms with van der Waals surface area (Å²) in [5, 5.41) is 18.7. The molecule has 0 aromatic carbocycles. The van der Waals surface area contributed by atoms with E-state index in [2.05, 4.69) is 17.9 Å². The second-order valence-electron chi connectivity index (χ2n) is 8.83. The van der Waals surface area contributed by atoms with E-state index in [9.17, 15) is 19.6 Å². The summed E-state index contributed by atoms with van der Waals surface area (Å²) in [6.45, 7) is 8.25. The number of hydrogen-bond acceptors (Lipinski definition) is 7. The average Bonchev–Trinajstić information content (AvgIpc) is 3.04. The van der Waals surface area contributed by atoms with Gasteiger partial charge < -0.3 is 10.0 Å². The highest BCUT2D eigenvalue weighted by molar-refractivity contribution is 8.26. The molecule has 1 atom stereocenters. The lowest BCUT2D eigenvalue weighted by molar-refractivity contribution is -0.137. The van der Waals surface area contributed by atoms with Gasteiger partial charge in [-0.15, -0.1) is 0 Å². The third-order valence-electron chi connectivity index (χ3n) is 6.17. The number of piperidine rings is 1. The fourth-order valence-electron chi connectivity index (χ4n) is 4.51. The summed E-state index contributed by atoms with van der Waals surface area (Å²) in [6.07, 6.45) is 4.88. The van der Waals surface area contributed by atoms with E-state index in [1.807, 2.05) is 6.92 Å². The van der Waals surface area contributed by atoms with Crippen LogP contribution in [0.5, 0.6) is 0 Å². The summed E-state index contributed by atoms with van der Waals surface area (Å²) in [4.78, 5) is 41.3. The van der Waals surface area contributed by atoms with Crippen molar-refractivity contribution in [2.45, 2.75) is 59.4 Å². The predicted molar refractivity (Wildman–Crippen MR) is 138 cm³/mol. The number of rotatable bonds is 8. The number of amides is 1. The van der Waals surface area contributed by atoms with Crippen molar-refractivity contribution >= 4 is 52.1 Å². The topological polar surface area (TPSA) is 107 Å². The van der Waals surface area contributed by atoms with Gasteiger partial charge in [0.2, 0.25) is 0 Å². The molecule has 2 aliphatic rings. The number of aromatic nitrogens is 1. The highest BCUT2D eigenvalue weighted by Crippen LogP contribution is 2.37. The largest absolute Gasteiger partial charge is 0.481 e. The van der Waals surface area contributed by atoms with Gasteiger partial charge in [0.1, 0.15) is 21.8 Å². The average molecular weight is 503 g/mol. The molecule has 2 fully saturated rings. The number of thiocarbonyl (C=S) groups is 1. The Morgan fingerprint density at radius 1 is 1.35 bits per heavy atom. The van der Waals surface area contributed by atoms with Crippen molar-refractivity contribution in [3.05, 3.63) is 31.9 Å². The molecule has 0 aliphatic carbocycles. The Morgan fingerprint density at radius 3 is 2.71 bits per heavy atom. The monoisotopic (exact) mass is 502 g/mol. The van der Waals surface area contributed by atoms with Crippen LogP contribution in [-0.4, -0.2) is 50.4 Å². The maximum Gasteiger partial charge on any atom is 0.303 e. The van der Waals surface area contributed by atoms with E-state index < -0.39 is 5.97 Å². The Kier molecular flexibility index (Phi) is 8.55. The van der Waals surface area contributed by atoms with E-state index in [0.717, 1.165) is 38.2 Å². The molecule has 3 rings (SSSR count). The van der Waals surface area contributed by atoms with Crippen molar-refractivity contribution in [2.24, 2.45) is 5.92 Å². The number of carbonyl (C=O) groups excluding carboxylic acids is 1. The minimum Gasteiger partial charge on any atom is -0.481 e. The zero-order valence-corrected chi connectivity index (χ0v) is 21.4. The Morgan fingerprint density at radius 2 is 2.09 bits per heavy atom. The Labute approximate surface area is 209 Å². The molecule has 34 heavy (non-hydrogen) atoms. The summed E-state index contributed by atoms with van der Waals surface area (Å²) in [5.41, 5.74) is 1.05. The molecule has 2 aliphatic heterocycles. The van der Waals surface area contributed by atoms with Gasteiger partial charge >= 0.3 is 5.97 Å². The van der Waals surface area contributed by atoms with Gasteiger partial charge in [0.15, 0.2) is 0 Å². The van der Waals surface area contributed by atoms with Crippen LogP contribution in [0.15, 0.2) is 9.70 Å². The summed E-state index contributed by atoms with van der Waals surface area (Å²) in [5.74, 6) is 0.0324. The third kappa shape index (κ3) is 5.36. The van der Waals surface area contributed by atoms with Crippen LogP contribution >= 0.6 is 24.0 Å². The first-order valence-electron chi connectivity index (χ1n) is 11.6. The Hall–Kier alpha value is -2.64. The van der Waals surface area contributed by atoms with Crippen LogP contribution in [0.1, 0.15) is 62.6 Å². The minimum absolute atomic E-state index is 0.0416. The van der Waals surface area contributed by atoms with Crippen LogP contribution in [0.25, 0.3) is 6.08 Å². The van der Waals surface area contributed by atoms with Crippen molar-refractivity contribution in [1.82, 2.24) is 9.47 Å². The van der Waals surface area contributed by atoms with Crippen LogP contribution in [0.2, 0.25) is 0 Å². The second-order valence-corrected chi connectivity index (χ2v) is 10.5. The molecule has 0 spiro atoms. The predicted octanol–water partition coefficient (Wildman–Crippen LogP) is 3.74. The number of thioether (sulfide) groups is 1. The number of carboxylic acid groups (broad SMARTS) is 1. The molecule has 1 unspecified atom stereocenters. The smallest absolute Gasteiger partial charge is 0.303 e. The van der Waals surface area contributed by atoms with E-state index >= 15 is 0 Å². The fraction of sp³-hybridized carbons (Fsp3) is 0.542. The molecule has 2 saturated heterocycles. The first-order chi connectivity index (χ1) is 16.2. The number of nitrogens with zero attached hydrogens (tertiary/aromatic N) is 4. The maximum atomic E-state index is 13.2. The van der Waals surface area contributed by atoms with E-state index in [4.69, 9.17) is 17.3 Å². The molecule has 3 heterocycles. The molecule has 1 N–H and O–H groups in total. The Bertz CT molecular complexity index is 1140. The van der Waals surface area contributed by atoms with Gasteiger partial charge in [-0.2, -0.15) is 5.26 Å². The quantitative estimate of drug-likeness (QED) is 0.423. The number of anilines is 1. The SMILES string of the molecule is CCCn1c(N2CCCC(C)C2)c(C=C2SC(=S)N(CCCC(=O)O)C2=O)c(C)c(C#N)c1=O. The van der Waals surface area contributed by atoms with E-state index in [0.29, 0.717) is 39.2 Å². The summed E-state index contributed by atoms with van der Waals surface area (Å²) < 4.78 is 2.07. The summed E-state index contributed by atoms with van der Waals surface area (Å²) >= 11 is 6.56. The lowest BCUT2D eigenvalue weighted by Crippen LogP contribution is -2.40. The molecule has 0 radical (unpaired) electrons.